The number of halogens is 1. The van der Waals surface area contributed by atoms with E-state index in [1.165, 1.54) is 31.4 Å². The van der Waals surface area contributed by atoms with Gasteiger partial charge < -0.3 is 9.15 Å². The minimum absolute atomic E-state index is 0.0381. The van der Waals surface area contributed by atoms with Gasteiger partial charge in [-0.15, -0.1) is 0 Å². The van der Waals surface area contributed by atoms with Crippen LogP contribution in [0.5, 0.6) is 0 Å². The van der Waals surface area contributed by atoms with E-state index in [1.54, 1.807) is 0 Å². The van der Waals surface area contributed by atoms with Crippen molar-refractivity contribution < 1.29 is 18.7 Å². The number of carbonyl (C=O) groups is 2. The molecule has 0 spiro atoms. The number of hydrogen-bond acceptors (Lipinski definition) is 4. The largest absolute Gasteiger partial charge is 0.466 e. The Bertz CT molecular complexity index is 378. The van der Waals surface area contributed by atoms with Crippen LogP contribution in [0.2, 0.25) is 0 Å². The molecule has 0 bridgehead atoms. The number of hydrogen-bond donors (Lipinski definition) is 0. The van der Waals surface area contributed by atoms with E-state index in [2.05, 4.69) is 4.74 Å². The van der Waals surface area contributed by atoms with Gasteiger partial charge in [0.15, 0.2) is 5.76 Å². The monoisotopic (exact) mass is 214 g/mol. The predicted molar refractivity (Wildman–Crippen MR) is 49.9 cm³/mol. The molecule has 0 unspecified atom stereocenters. The van der Waals surface area contributed by atoms with Crippen molar-refractivity contribution in [2.75, 3.05) is 7.11 Å². The van der Waals surface area contributed by atoms with Crippen LogP contribution < -0.4 is 0 Å². The van der Waals surface area contributed by atoms with Crippen LogP contribution in [0.4, 0.5) is 0 Å². The van der Waals surface area contributed by atoms with E-state index in [1.807, 2.05) is 0 Å². The second-order valence-electron chi connectivity index (χ2n) is 2.33. The van der Waals surface area contributed by atoms with E-state index in [0.29, 0.717) is 5.76 Å². The molecule has 0 aliphatic heterocycles. The highest BCUT2D eigenvalue weighted by Gasteiger charge is 2.06. The zero-order valence-corrected chi connectivity index (χ0v) is 8.08. The highest BCUT2D eigenvalue weighted by Crippen LogP contribution is 2.11. The number of esters is 1. The molecule has 14 heavy (non-hydrogen) atoms. The molecule has 5 heteroatoms. The van der Waals surface area contributed by atoms with Crippen molar-refractivity contribution in [2.24, 2.45) is 0 Å². The van der Waals surface area contributed by atoms with Crippen LogP contribution in [0.25, 0.3) is 6.08 Å². The lowest BCUT2D eigenvalue weighted by Gasteiger charge is -1.88. The third-order valence-electron chi connectivity index (χ3n) is 1.41. The molecule has 0 atom stereocenters. The molecule has 1 aromatic heterocycles. The van der Waals surface area contributed by atoms with Gasteiger partial charge in [0.25, 0.3) is 5.24 Å². The van der Waals surface area contributed by atoms with Crippen LogP contribution in [-0.4, -0.2) is 18.3 Å². The Kier molecular flexibility index (Phi) is 3.48. The molecular formula is C9H7ClO4. The molecule has 1 aromatic rings. The van der Waals surface area contributed by atoms with E-state index in [4.69, 9.17) is 16.0 Å². The average molecular weight is 215 g/mol. The maximum atomic E-state index is 10.7. The fourth-order valence-electron chi connectivity index (χ4n) is 0.766. The molecule has 0 radical (unpaired) electrons. The summed E-state index contributed by atoms with van der Waals surface area (Å²) in [5.41, 5.74) is 0. The molecule has 0 saturated heterocycles. The van der Waals surface area contributed by atoms with Crippen LogP contribution >= 0.6 is 11.6 Å². The Morgan fingerprint density at radius 2 is 2.21 bits per heavy atom. The minimum Gasteiger partial charge on any atom is -0.466 e. The highest BCUT2D eigenvalue weighted by atomic mass is 35.5. The molecule has 0 N–H and O–H groups in total. The Morgan fingerprint density at radius 1 is 1.50 bits per heavy atom. The second kappa shape index (κ2) is 4.62. The zero-order valence-electron chi connectivity index (χ0n) is 7.32. The van der Waals surface area contributed by atoms with Gasteiger partial charge in [-0.3, -0.25) is 4.79 Å². The van der Waals surface area contributed by atoms with Gasteiger partial charge in [0, 0.05) is 6.08 Å². The summed E-state index contributed by atoms with van der Waals surface area (Å²) < 4.78 is 9.33. The van der Waals surface area contributed by atoms with Crippen LogP contribution in [-0.2, 0) is 9.53 Å². The number of methoxy groups -OCH3 is 1. The Morgan fingerprint density at radius 3 is 2.71 bits per heavy atom. The molecule has 0 aliphatic rings. The number of carbonyl (C=O) groups excluding carboxylic acids is 2. The minimum atomic E-state index is -0.678. The molecule has 1 rings (SSSR count). The van der Waals surface area contributed by atoms with Gasteiger partial charge in [-0.25, -0.2) is 4.79 Å². The summed E-state index contributed by atoms with van der Waals surface area (Å²) in [5, 5.41) is -0.678. The van der Waals surface area contributed by atoms with E-state index in [-0.39, 0.29) is 5.76 Å². The van der Waals surface area contributed by atoms with Crippen molar-refractivity contribution >= 4 is 28.9 Å². The first kappa shape index (κ1) is 10.5. The molecule has 1 heterocycles. The fourth-order valence-corrected chi connectivity index (χ4v) is 0.868. The summed E-state index contributed by atoms with van der Waals surface area (Å²) in [6, 6.07) is 2.95. The Labute approximate surface area is 85.1 Å². The molecule has 0 fully saturated rings. The number of ether oxygens (including phenoxy) is 1. The van der Waals surface area contributed by atoms with Gasteiger partial charge in [-0.1, -0.05) is 0 Å². The summed E-state index contributed by atoms with van der Waals surface area (Å²) in [6.45, 7) is 0. The van der Waals surface area contributed by atoms with Crippen LogP contribution in [0.3, 0.4) is 0 Å². The third-order valence-corrected chi connectivity index (χ3v) is 1.59. The van der Waals surface area contributed by atoms with Crippen molar-refractivity contribution in [1.82, 2.24) is 0 Å². The van der Waals surface area contributed by atoms with Gasteiger partial charge in [-0.05, 0) is 29.8 Å². The molecule has 0 saturated carbocycles. The summed E-state index contributed by atoms with van der Waals surface area (Å²) >= 11 is 5.16. The first-order valence-corrected chi connectivity index (χ1v) is 4.07. The summed E-state index contributed by atoms with van der Waals surface area (Å²) in [5.74, 6) is -0.101. The first-order valence-electron chi connectivity index (χ1n) is 3.69. The topological polar surface area (TPSA) is 56.5 Å². The molecule has 0 amide bonds. The standard InChI is InChI=1S/C9H7ClO4/c1-13-8(11)5-3-6-2-4-7(14-6)9(10)12/h2-5H,1H3. The van der Waals surface area contributed by atoms with E-state index in [9.17, 15) is 9.59 Å². The van der Waals surface area contributed by atoms with Crippen LogP contribution in [0.1, 0.15) is 16.3 Å². The van der Waals surface area contributed by atoms with E-state index < -0.39 is 11.2 Å². The van der Waals surface area contributed by atoms with Crippen molar-refractivity contribution in [3.05, 3.63) is 29.7 Å². The lowest BCUT2D eigenvalue weighted by molar-refractivity contribution is -0.134. The maximum absolute atomic E-state index is 10.7. The summed E-state index contributed by atoms with van der Waals surface area (Å²) in [7, 11) is 1.27. The molecule has 4 nitrogen and oxygen atoms in total. The van der Waals surface area contributed by atoms with Gasteiger partial charge >= 0.3 is 5.97 Å². The van der Waals surface area contributed by atoms with Gasteiger partial charge in [0.05, 0.1) is 7.11 Å². The molecule has 0 aromatic carbocycles. The lowest BCUT2D eigenvalue weighted by Crippen LogP contribution is -1.92. The lowest BCUT2D eigenvalue weighted by atomic mass is 10.4. The quantitative estimate of drug-likeness (QED) is 0.438. The van der Waals surface area contributed by atoms with Crippen molar-refractivity contribution in [1.29, 1.82) is 0 Å². The van der Waals surface area contributed by atoms with E-state index >= 15 is 0 Å². The van der Waals surface area contributed by atoms with Crippen molar-refractivity contribution in [3.63, 3.8) is 0 Å². The average Bonchev–Trinajstić information content (AvgIpc) is 2.62. The number of rotatable bonds is 3. The first-order chi connectivity index (χ1) is 6.63. The van der Waals surface area contributed by atoms with Crippen LogP contribution in [0, 0.1) is 0 Å². The fraction of sp³-hybridized carbons (Fsp3) is 0.111. The number of furan rings is 1. The normalized spacial score (nSPS) is 10.4. The van der Waals surface area contributed by atoms with Gasteiger partial charge in [0.1, 0.15) is 5.76 Å². The molecule has 0 aliphatic carbocycles. The Hall–Kier alpha value is -1.55. The molecule has 74 valence electrons. The third kappa shape index (κ3) is 2.74. The summed E-state index contributed by atoms with van der Waals surface area (Å²) in [4.78, 5) is 21.3. The smallest absolute Gasteiger partial charge is 0.330 e. The van der Waals surface area contributed by atoms with Gasteiger partial charge in [0.2, 0.25) is 0 Å². The van der Waals surface area contributed by atoms with E-state index in [0.717, 1.165) is 0 Å². The zero-order chi connectivity index (χ0) is 10.6. The SMILES string of the molecule is COC(=O)C=Cc1ccc(C(=O)Cl)o1. The van der Waals surface area contributed by atoms with Crippen LogP contribution in [0.15, 0.2) is 22.6 Å². The second-order valence-corrected chi connectivity index (χ2v) is 2.68. The van der Waals surface area contributed by atoms with Crippen molar-refractivity contribution in [2.45, 2.75) is 0 Å². The highest BCUT2D eigenvalue weighted by molar-refractivity contribution is 6.67. The Balaban J connectivity index is 2.73. The molecular weight excluding hydrogens is 208 g/mol. The maximum Gasteiger partial charge on any atom is 0.330 e. The summed E-state index contributed by atoms with van der Waals surface area (Å²) in [6.07, 6.45) is 2.57. The van der Waals surface area contributed by atoms with Crippen molar-refractivity contribution in [3.8, 4) is 0 Å². The predicted octanol–water partition coefficient (Wildman–Crippen LogP) is 1.84. The van der Waals surface area contributed by atoms with Gasteiger partial charge in [-0.2, -0.15) is 0 Å².